The first-order valence-corrected chi connectivity index (χ1v) is 8.96. The summed E-state index contributed by atoms with van der Waals surface area (Å²) in [7, 11) is 3.11. The fourth-order valence-electron chi connectivity index (χ4n) is 2.64. The number of halogens is 3. The zero-order chi connectivity index (χ0) is 20.2. The van der Waals surface area contributed by atoms with E-state index in [4.69, 9.17) is 9.47 Å². The normalized spacial score (nSPS) is 17.6. The quantitative estimate of drug-likeness (QED) is 0.542. The van der Waals surface area contributed by atoms with Gasteiger partial charge in [-0.1, -0.05) is 0 Å². The summed E-state index contributed by atoms with van der Waals surface area (Å²) in [6, 6.07) is 2.68. The number of aliphatic hydroxyl groups is 1. The van der Waals surface area contributed by atoms with E-state index in [-0.39, 0.29) is 17.4 Å². The Morgan fingerprint density at radius 1 is 1.33 bits per heavy atom. The van der Waals surface area contributed by atoms with Crippen LogP contribution in [0.5, 0.6) is 5.75 Å². The Morgan fingerprint density at radius 3 is 2.48 bits per heavy atom. The van der Waals surface area contributed by atoms with Crippen molar-refractivity contribution < 1.29 is 27.8 Å². The summed E-state index contributed by atoms with van der Waals surface area (Å²) in [5.41, 5.74) is -2.54. The van der Waals surface area contributed by atoms with Crippen LogP contribution in [0.25, 0.3) is 0 Å². The standard InChI is InChI=1S/C19H27F3N2O3/c1-5-24(3)12-23-16-10-17(26-4)15(9-13(16)2)18(25,19(20,21)22)11-27-14-7-6-8-14/h9-10,12,14,25H,5-8,11H2,1-4H3/b23-12+. The van der Waals surface area contributed by atoms with Gasteiger partial charge < -0.3 is 19.5 Å². The topological polar surface area (TPSA) is 54.3 Å². The maximum atomic E-state index is 13.8. The number of methoxy groups -OCH3 is 1. The first-order chi connectivity index (χ1) is 12.6. The molecule has 8 heteroatoms. The van der Waals surface area contributed by atoms with Crippen LogP contribution in [0.3, 0.4) is 0 Å². The molecule has 0 heterocycles. The predicted molar refractivity (Wildman–Crippen MR) is 97.7 cm³/mol. The van der Waals surface area contributed by atoms with Gasteiger partial charge in [-0.3, -0.25) is 0 Å². The van der Waals surface area contributed by atoms with Crippen molar-refractivity contribution in [3.05, 3.63) is 23.3 Å². The number of ether oxygens (including phenoxy) is 2. The highest BCUT2D eigenvalue weighted by atomic mass is 19.4. The molecule has 0 radical (unpaired) electrons. The number of benzene rings is 1. The molecule has 1 aromatic rings. The molecule has 1 aromatic carbocycles. The molecule has 0 spiro atoms. The van der Waals surface area contributed by atoms with Gasteiger partial charge in [0.25, 0.3) is 0 Å². The Labute approximate surface area is 157 Å². The van der Waals surface area contributed by atoms with Crippen molar-refractivity contribution in [2.45, 2.75) is 51.0 Å². The number of alkyl halides is 3. The van der Waals surface area contributed by atoms with Crippen LogP contribution >= 0.6 is 0 Å². The minimum absolute atomic E-state index is 0.0797. The van der Waals surface area contributed by atoms with Crippen LogP contribution in [0, 0.1) is 6.92 Å². The number of aliphatic imine (C=N–C) groups is 1. The summed E-state index contributed by atoms with van der Waals surface area (Å²) in [6.45, 7) is 3.47. The molecule has 0 saturated heterocycles. The van der Waals surface area contributed by atoms with Crippen molar-refractivity contribution in [1.29, 1.82) is 0 Å². The highest BCUT2D eigenvalue weighted by molar-refractivity contribution is 5.65. The lowest BCUT2D eigenvalue weighted by Crippen LogP contribution is -2.47. The maximum absolute atomic E-state index is 13.8. The third-order valence-electron chi connectivity index (χ3n) is 4.91. The fraction of sp³-hybridized carbons (Fsp3) is 0.632. The van der Waals surface area contributed by atoms with E-state index in [0.29, 0.717) is 24.1 Å². The van der Waals surface area contributed by atoms with Crippen molar-refractivity contribution >= 4 is 12.0 Å². The van der Waals surface area contributed by atoms with Crippen molar-refractivity contribution in [1.82, 2.24) is 4.90 Å². The molecule has 1 saturated carbocycles. The molecule has 5 nitrogen and oxygen atoms in total. The summed E-state index contributed by atoms with van der Waals surface area (Å²) >= 11 is 0. The number of aryl methyl sites for hydroxylation is 1. The van der Waals surface area contributed by atoms with Crippen molar-refractivity contribution in [3.8, 4) is 5.75 Å². The largest absolute Gasteiger partial charge is 0.496 e. The molecule has 1 aliphatic carbocycles. The number of hydrogen-bond donors (Lipinski definition) is 1. The Kier molecular flexibility index (Phi) is 6.75. The molecule has 1 fully saturated rings. The average molecular weight is 388 g/mol. The molecule has 1 aliphatic rings. The van der Waals surface area contributed by atoms with Crippen molar-refractivity contribution in [3.63, 3.8) is 0 Å². The third-order valence-corrected chi connectivity index (χ3v) is 4.91. The lowest BCUT2D eigenvalue weighted by Gasteiger charge is -2.35. The van der Waals surface area contributed by atoms with Gasteiger partial charge in [-0.05, 0) is 44.7 Å². The predicted octanol–water partition coefficient (Wildman–Crippen LogP) is 3.93. The zero-order valence-electron chi connectivity index (χ0n) is 16.1. The van der Waals surface area contributed by atoms with Crippen LogP contribution in [-0.2, 0) is 10.3 Å². The van der Waals surface area contributed by atoms with E-state index in [2.05, 4.69) is 4.99 Å². The van der Waals surface area contributed by atoms with Crippen molar-refractivity contribution in [2.75, 3.05) is 27.3 Å². The number of nitrogens with zero attached hydrogens (tertiary/aromatic N) is 2. The Balaban J connectivity index is 2.42. The minimum Gasteiger partial charge on any atom is -0.496 e. The van der Waals surface area contributed by atoms with Crippen LogP contribution in [0.4, 0.5) is 18.9 Å². The molecule has 2 rings (SSSR count). The zero-order valence-corrected chi connectivity index (χ0v) is 16.1. The van der Waals surface area contributed by atoms with Gasteiger partial charge in [0.05, 0.1) is 31.8 Å². The van der Waals surface area contributed by atoms with Gasteiger partial charge in [0.1, 0.15) is 5.75 Å². The van der Waals surface area contributed by atoms with E-state index in [9.17, 15) is 18.3 Å². The Morgan fingerprint density at radius 2 is 2.00 bits per heavy atom. The third kappa shape index (κ3) is 4.73. The molecule has 0 aliphatic heterocycles. The summed E-state index contributed by atoms with van der Waals surface area (Å²) < 4.78 is 51.9. The summed E-state index contributed by atoms with van der Waals surface area (Å²) in [4.78, 5) is 6.13. The average Bonchev–Trinajstić information content (AvgIpc) is 2.57. The second-order valence-electron chi connectivity index (χ2n) is 6.88. The van der Waals surface area contributed by atoms with Crippen LogP contribution in [0.15, 0.2) is 17.1 Å². The van der Waals surface area contributed by atoms with Crippen LogP contribution < -0.4 is 4.74 Å². The van der Waals surface area contributed by atoms with Crippen LogP contribution in [0.1, 0.15) is 37.3 Å². The van der Waals surface area contributed by atoms with Crippen LogP contribution in [0.2, 0.25) is 0 Å². The summed E-state index contributed by atoms with van der Waals surface area (Å²) in [5, 5.41) is 10.6. The second kappa shape index (κ2) is 8.48. The Hall–Kier alpha value is -1.80. The lowest BCUT2D eigenvalue weighted by atomic mass is 9.90. The van der Waals surface area contributed by atoms with Gasteiger partial charge in [0.2, 0.25) is 5.60 Å². The fourth-order valence-corrected chi connectivity index (χ4v) is 2.64. The van der Waals surface area contributed by atoms with Crippen molar-refractivity contribution in [2.24, 2.45) is 4.99 Å². The minimum atomic E-state index is -4.91. The molecule has 0 amide bonds. The van der Waals surface area contributed by atoms with E-state index in [1.165, 1.54) is 19.2 Å². The molecular formula is C19H27F3N2O3. The molecular weight excluding hydrogens is 361 g/mol. The highest BCUT2D eigenvalue weighted by Gasteiger charge is 2.57. The van der Waals surface area contributed by atoms with Gasteiger partial charge >= 0.3 is 6.18 Å². The van der Waals surface area contributed by atoms with Gasteiger partial charge in [0, 0.05) is 25.2 Å². The van der Waals surface area contributed by atoms with Crippen LogP contribution in [-0.4, -0.2) is 55.9 Å². The molecule has 1 unspecified atom stereocenters. The van der Waals surface area contributed by atoms with Gasteiger partial charge in [-0.15, -0.1) is 0 Å². The molecule has 0 bridgehead atoms. The van der Waals surface area contributed by atoms with E-state index in [0.717, 1.165) is 13.0 Å². The summed E-state index contributed by atoms with van der Waals surface area (Å²) in [6.07, 6.45) is -1.21. The lowest BCUT2D eigenvalue weighted by molar-refractivity contribution is -0.287. The Bertz CT molecular complexity index is 675. The smallest absolute Gasteiger partial charge is 0.423 e. The monoisotopic (exact) mass is 388 g/mol. The van der Waals surface area contributed by atoms with E-state index < -0.39 is 18.4 Å². The molecule has 0 aromatic heterocycles. The van der Waals surface area contributed by atoms with Gasteiger partial charge in [0.15, 0.2) is 0 Å². The maximum Gasteiger partial charge on any atom is 0.423 e. The van der Waals surface area contributed by atoms with E-state index in [1.54, 1.807) is 13.3 Å². The highest BCUT2D eigenvalue weighted by Crippen LogP contribution is 2.45. The number of hydrogen-bond acceptors (Lipinski definition) is 4. The second-order valence-corrected chi connectivity index (χ2v) is 6.88. The number of rotatable bonds is 8. The molecule has 1 N–H and O–H groups in total. The molecule has 27 heavy (non-hydrogen) atoms. The molecule has 152 valence electrons. The van der Waals surface area contributed by atoms with Gasteiger partial charge in [-0.2, -0.15) is 13.2 Å². The summed E-state index contributed by atoms with van der Waals surface area (Å²) in [5.74, 6) is -0.0797. The molecule has 1 atom stereocenters. The first-order valence-electron chi connectivity index (χ1n) is 8.96. The first kappa shape index (κ1) is 21.5. The van der Waals surface area contributed by atoms with Gasteiger partial charge in [-0.25, -0.2) is 4.99 Å². The van der Waals surface area contributed by atoms with E-state index >= 15 is 0 Å². The SMILES string of the molecule is CCN(C)/C=N/c1cc(OC)c(C(O)(COC2CCC2)C(F)(F)F)cc1C. The van der Waals surface area contributed by atoms with E-state index in [1.807, 2.05) is 18.9 Å².